The number of hydrogen-bond donors (Lipinski definition) is 1. The van der Waals surface area contributed by atoms with Gasteiger partial charge in [0.15, 0.2) is 4.90 Å². The van der Waals surface area contributed by atoms with E-state index in [2.05, 4.69) is 0 Å². The molecule has 100 valence electrons. The van der Waals surface area contributed by atoms with Gasteiger partial charge < -0.3 is 0 Å². The van der Waals surface area contributed by atoms with Crippen molar-refractivity contribution >= 4 is 10.0 Å². The molecule has 0 spiro atoms. The Bertz CT molecular complexity index is 532. The minimum atomic E-state index is -4.32. The fourth-order valence-electron chi connectivity index (χ4n) is 1.30. The highest BCUT2D eigenvalue weighted by Gasteiger charge is 2.24. The molecule has 0 saturated carbocycles. The Balaban J connectivity index is 2.98. The van der Waals surface area contributed by atoms with Crippen LogP contribution < -0.4 is 4.72 Å². The third-order valence-corrected chi connectivity index (χ3v) is 3.58. The van der Waals surface area contributed by atoms with E-state index in [0.717, 1.165) is 0 Å². The zero-order valence-electron chi connectivity index (χ0n) is 9.58. The molecule has 1 rings (SSSR count). The van der Waals surface area contributed by atoms with E-state index in [0.29, 0.717) is 18.6 Å². The summed E-state index contributed by atoms with van der Waals surface area (Å²) in [5.74, 6) is -4.07. The molecule has 1 aromatic carbocycles. The Hall–Kier alpha value is -1.34. The van der Waals surface area contributed by atoms with Crippen LogP contribution in [-0.2, 0) is 10.0 Å². The van der Waals surface area contributed by atoms with Crippen molar-refractivity contribution in [3.63, 3.8) is 0 Å². The summed E-state index contributed by atoms with van der Waals surface area (Å²) >= 11 is 0. The standard InChI is InChI=1S/C11H12F3NO2S/c1-2-3-4-5-15-18(16,17)11-9(13)6-8(12)7-10(11)14/h2-3,6-7,15H,4-5H2,1H3/b3-2+. The summed E-state index contributed by atoms with van der Waals surface area (Å²) in [6.45, 7) is 1.76. The van der Waals surface area contributed by atoms with Gasteiger partial charge in [0.05, 0.1) is 0 Å². The first-order valence-corrected chi connectivity index (χ1v) is 6.62. The normalized spacial score (nSPS) is 12.2. The van der Waals surface area contributed by atoms with Gasteiger partial charge in [-0.15, -0.1) is 0 Å². The Morgan fingerprint density at radius 3 is 2.28 bits per heavy atom. The van der Waals surface area contributed by atoms with Crippen molar-refractivity contribution < 1.29 is 21.6 Å². The van der Waals surface area contributed by atoms with Crippen LogP contribution in [0.15, 0.2) is 29.2 Å². The molecule has 0 heterocycles. The van der Waals surface area contributed by atoms with Crippen molar-refractivity contribution in [1.29, 1.82) is 0 Å². The largest absolute Gasteiger partial charge is 0.246 e. The zero-order chi connectivity index (χ0) is 13.8. The van der Waals surface area contributed by atoms with Crippen molar-refractivity contribution in [3.8, 4) is 0 Å². The van der Waals surface area contributed by atoms with Gasteiger partial charge in [0.1, 0.15) is 17.5 Å². The maximum atomic E-state index is 13.3. The van der Waals surface area contributed by atoms with Gasteiger partial charge in [-0.05, 0) is 13.3 Å². The predicted molar refractivity (Wildman–Crippen MR) is 60.9 cm³/mol. The van der Waals surface area contributed by atoms with E-state index >= 15 is 0 Å². The summed E-state index contributed by atoms with van der Waals surface area (Å²) in [4.78, 5) is -1.16. The lowest BCUT2D eigenvalue weighted by molar-refractivity contribution is 0.494. The molecule has 7 heteroatoms. The molecule has 0 atom stereocenters. The molecule has 0 aliphatic rings. The molecule has 0 aromatic heterocycles. The van der Waals surface area contributed by atoms with Crippen LogP contribution in [0, 0.1) is 17.5 Å². The van der Waals surface area contributed by atoms with E-state index < -0.39 is 32.4 Å². The monoisotopic (exact) mass is 279 g/mol. The molecule has 0 fully saturated rings. The molecule has 18 heavy (non-hydrogen) atoms. The molecule has 0 unspecified atom stereocenters. The van der Waals surface area contributed by atoms with E-state index in [1.54, 1.807) is 19.1 Å². The first-order valence-electron chi connectivity index (χ1n) is 5.14. The van der Waals surface area contributed by atoms with Crippen LogP contribution >= 0.6 is 0 Å². The molecule has 0 saturated heterocycles. The molecule has 1 N–H and O–H groups in total. The molecule has 0 bridgehead atoms. The molecule has 0 amide bonds. The van der Waals surface area contributed by atoms with Gasteiger partial charge in [0, 0.05) is 18.7 Å². The second kappa shape index (κ2) is 6.01. The van der Waals surface area contributed by atoms with Gasteiger partial charge in [-0.3, -0.25) is 0 Å². The number of benzene rings is 1. The summed E-state index contributed by atoms with van der Waals surface area (Å²) in [6.07, 6.45) is 3.80. The molecule has 0 aliphatic carbocycles. The average Bonchev–Trinajstić information content (AvgIpc) is 2.22. The highest BCUT2D eigenvalue weighted by atomic mass is 32.2. The third kappa shape index (κ3) is 3.58. The molecular formula is C11H12F3NO2S. The van der Waals surface area contributed by atoms with Gasteiger partial charge in [-0.25, -0.2) is 26.3 Å². The number of sulfonamides is 1. The second-order valence-electron chi connectivity index (χ2n) is 3.45. The quantitative estimate of drug-likeness (QED) is 0.664. The maximum Gasteiger partial charge on any atom is 0.246 e. The number of nitrogens with one attached hydrogen (secondary N) is 1. The molecule has 0 radical (unpaired) electrons. The van der Waals surface area contributed by atoms with Crippen LogP contribution in [0.1, 0.15) is 13.3 Å². The average molecular weight is 279 g/mol. The lowest BCUT2D eigenvalue weighted by Gasteiger charge is -2.07. The van der Waals surface area contributed by atoms with Gasteiger partial charge >= 0.3 is 0 Å². The molecule has 1 aromatic rings. The van der Waals surface area contributed by atoms with Crippen molar-refractivity contribution in [2.75, 3.05) is 6.54 Å². The number of halogens is 3. The Morgan fingerprint density at radius 1 is 1.22 bits per heavy atom. The predicted octanol–water partition coefficient (Wildman–Crippen LogP) is 2.35. The summed E-state index contributed by atoms with van der Waals surface area (Å²) < 4.78 is 64.4. The van der Waals surface area contributed by atoms with Crippen LogP contribution in [0.5, 0.6) is 0 Å². The lowest BCUT2D eigenvalue weighted by Crippen LogP contribution is -2.26. The minimum absolute atomic E-state index is 0.00291. The lowest BCUT2D eigenvalue weighted by atomic mass is 10.3. The first-order chi connectivity index (χ1) is 8.38. The van der Waals surface area contributed by atoms with Crippen molar-refractivity contribution in [1.82, 2.24) is 4.72 Å². The van der Waals surface area contributed by atoms with E-state index in [-0.39, 0.29) is 6.54 Å². The van der Waals surface area contributed by atoms with E-state index in [1.165, 1.54) is 0 Å². The van der Waals surface area contributed by atoms with Crippen LogP contribution in [0.4, 0.5) is 13.2 Å². The van der Waals surface area contributed by atoms with Crippen LogP contribution in [0.25, 0.3) is 0 Å². The summed E-state index contributed by atoms with van der Waals surface area (Å²) in [5.41, 5.74) is 0. The first kappa shape index (κ1) is 14.7. The fourth-order valence-corrected chi connectivity index (χ4v) is 2.46. The third-order valence-electron chi connectivity index (χ3n) is 2.07. The van der Waals surface area contributed by atoms with Crippen LogP contribution in [0.2, 0.25) is 0 Å². The molecule has 0 aliphatic heterocycles. The SMILES string of the molecule is C/C=C/CCNS(=O)(=O)c1c(F)cc(F)cc1F. The maximum absolute atomic E-state index is 13.3. The summed E-state index contributed by atoms with van der Waals surface area (Å²) in [6, 6.07) is 0.646. The Kier molecular flexibility index (Phi) is 4.92. The smallest absolute Gasteiger partial charge is 0.211 e. The summed E-state index contributed by atoms with van der Waals surface area (Å²) in [7, 11) is -4.32. The van der Waals surface area contributed by atoms with E-state index in [4.69, 9.17) is 0 Å². The number of allylic oxidation sites excluding steroid dienone is 1. The minimum Gasteiger partial charge on any atom is -0.211 e. The van der Waals surface area contributed by atoms with Gasteiger partial charge in [0.25, 0.3) is 0 Å². The van der Waals surface area contributed by atoms with E-state index in [1.807, 2.05) is 4.72 Å². The van der Waals surface area contributed by atoms with Gasteiger partial charge in [-0.1, -0.05) is 12.2 Å². The van der Waals surface area contributed by atoms with Crippen LogP contribution in [0.3, 0.4) is 0 Å². The van der Waals surface area contributed by atoms with E-state index in [9.17, 15) is 21.6 Å². The Morgan fingerprint density at radius 2 is 1.78 bits per heavy atom. The van der Waals surface area contributed by atoms with Crippen molar-refractivity contribution in [2.24, 2.45) is 0 Å². The molecular weight excluding hydrogens is 267 g/mol. The number of rotatable bonds is 5. The van der Waals surface area contributed by atoms with Gasteiger partial charge in [0.2, 0.25) is 10.0 Å². The highest BCUT2D eigenvalue weighted by molar-refractivity contribution is 7.89. The Labute approximate surface area is 103 Å². The fraction of sp³-hybridized carbons (Fsp3) is 0.273. The second-order valence-corrected chi connectivity index (χ2v) is 5.16. The highest BCUT2D eigenvalue weighted by Crippen LogP contribution is 2.19. The van der Waals surface area contributed by atoms with Crippen molar-refractivity contribution in [3.05, 3.63) is 41.7 Å². The number of hydrogen-bond acceptors (Lipinski definition) is 2. The molecule has 3 nitrogen and oxygen atoms in total. The van der Waals surface area contributed by atoms with Gasteiger partial charge in [-0.2, -0.15) is 0 Å². The zero-order valence-corrected chi connectivity index (χ0v) is 10.4. The topological polar surface area (TPSA) is 46.2 Å². The summed E-state index contributed by atoms with van der Waals surface area (Å²) in [5, 5.41) is 0. The van der Waals surface area contributed by atoms with Crippen LogP contribution in [-0.4, -0.2) is 15.0 Å². The van der Waals surface area contributed by atoms with Crippen molar-refractivity contribution in [2.45, 2.75) is 18.2 Å².